The molecule has 0 bridgehead atoms. The standard InChI is InChI=1S/C14H17NO2/c1-4-10-7-12(14(16)17)11-5-6-15(9(2)3)13(11)8-10/h5-9H,4H2,1-3H3,(H,16,17). The molecule has 90 valence electrons. The van der Waals surface area contributed by atoms with Gasteiger partial charge in [0, 0.05) is 23.1 Å². The van der Waals surface area contributed by atoms with Gasteiger partial charge in [-0.3, -0.25) is 0 Å². The zero-order chi connectivity index (χ0) is 12.6. The smallest absolute Gasteiger partial charge is 0.336 e. The molecule has 2 rings (SSSR count). The Morgan fingerprint density at radius 1 is 1.41 bits per heavy atom. The van der Waals surface area contributed by atoms with Crippen molar-refractivity contribution in [1.29, 1.82) is 0 Å². The third-order valence-electron chi connectivity index (χ3n) is 3.09. The van der Waals surface area contributed by atoms with Crippen molar-refractivity contribution in [3.63, 3.8) is 0 Å². The van der Waals surface area contributed by atoms with Gasteiger partial charge in [0.05, 0.1) is 5.56 Å². The topological polar surface area (TPSA) is 42.2 Å². The first-order valence-corrected chi connectivity index (χ1v) is 5.91. The number of hydrogen-bond acceptors (Lipinski definition) is 1. The van der Waals surface area contributed by atoms with Crippen LogP contribution in [-0.2, 0) is 6.42 Å². The van der Waals surface area contributed by atoms with Crippen molar-refractivity contribution in [2.45, 2.75) is 33.2 Å². The lowest BCUT2D eigenvalue weighted by molar-refractivity contribution is 0.0699. The number of hydrogen-bond donors (Lipinski definition) is 1. The molecule has 0 radical (unpaired) electrons. The first-order chi connectivity index (χ1) is 8.04. The zero-order valence-electron chi connectivity index (χ0n) is 10.4. The summed E-state index contributed by atoms with van der Waals surface area (Å²) >= 11 is 0. The monoisotopic (exact) mass is 231 g/mol. The molecule has 1 heterocycles. The maximum Gasteiger partial charge on any atom is 0.336 e. The third kappa shape index (κ3) is 1.93. The van der Waals surface area contributed by atoms with E-state index in [1.165, 1.54) is 0 Å². The van der Waals surface area contributed by atoms with E-state index in [1.807, 2.05) is 19.2 Å². The Morgan fingerprint density at radius 2 is 2.12 bits per heavy atom. The molecule has 2 aromatic rings. The summed E-state index contributed by atoms with van der Waals surface area (Å²) in [5.41, 5.74) is 2.48. The van der Waals surface area contributed by atoms with Crippen molar-refractivity contribution in [2.24, 2.45) is 0 Å². The van der Waals surface area contributed by atoms with Gasteiger partial charge in [-0.1, -0.05) is 6.92 Å². The second-order valence-corrected chi connectivity index (χ2v) is 4.55. The van der Waals surface area contributed by atoms with Gasteiger partial charge in [0.1, 0.15) is 0 Å². The molecule has 3 heteroatoms. The average molecular weight is 231 g/mol. The van der Waals surface area contributed by atoms with Crippen LogP contribution in [0.3, 0.4) is 0 Å². The summed E-state index contributed by atoms with van der Waals surface area (Å²) in [4.78, 5) is 11.3. The molecule has 0 saturated carbocycles. The van der Waals surface area contributed by atoms with Crippen LogP contribution in [0.5, 0.6) is 0 Å². The molecule has 0 aliphatic heterocycles. The molecule has 17 heavy (non-hydrogen) atoms. The Balaban J connectivity index is 2.78. The molecule has 0 aliphatic rings. The van der Waals surface area contributed by atoms with Crippen LogP contribution in [0.2, 0.25) is 0 Å². The zero-order valence-corrected chi connectivity index (χ0v) is 10.4. The maximum atomic E-state index is 11.3. The number of rotatable bonds is 3. The molecular formula is C14H17NO2. The number of benzene rings is 1. The molecule has 1 N–H and O–H groups in total. The molecule has 3 nitrogen and oxygen atoms in total. The molecular weight excluding hydrogens is 214 g/mol. The van der Waals surface area contributed by atoms with Crippen LogP contribution in [0.15, 0.2) is 24.4 Å². The molecule has 0 saturated heterocycles. The summed E-state index contributed by atoms with van der Waals surface area (Å²) in [7, 11) is 0. The van der Waals surface area contributed by atoms with E-state index in [4.69, 9.17) is 0 Å². The van der Waals surface area contributed by atoms with Crippen LogP contribution in [0, 0.1) is 0 Å². The van der Waals surface area contributed by atoms with Crippen molar-refractivity contribution >= 4 is 16.9 Å². The largest absolute Gasteiger partial charge is 0.478 e. The second-order valence-electron chi connectivity index (χ2n) is 4.55. The third-order valence-corrected chi connectivity index (χ3v) is 3.09. The Kier molecular flexibility index (Phi) is 2.92. The molecule has 0 amide bonds. The quantitative estimate of drug-likeness (QED) is 0.878. The average Bonchev–Trinajstić information content (AvgIpc) is 2.70. The first-order valence-electron chi connectivity index (χ1n) is 5.91. The summed E-state index contributed by atoms with van der Waals surface area (Å²) in [6.07, 6.45) is 2.81. The van der Waals surface area contributed by atoms with Crippen molar-refractivity contribution in [1.82, 2.24) is 4.57 Å². The normalized spacial score (nSPS) is 11.3. The van der Waals surface area contributed by atoms with E-state index in [-0.39, 0.29) is 0 Å². The van der Waals surface area contributed by atoms with Crippen molar-refractivity contribution < 1.29 is 9.90 Å². The van der Waals surface area contributed by atoms with Gasteiger partial charge in [-0.25, -0.2) is 4.79 Å². The fourth-order valence-corrected chi connectivity index (χ4v) is 2.15. The van der Waals surface area contributed by atoms with Gasteiger partial charge >= 0.3 is 5.97 Å². The van der Waals surface area contributed by atoms with Crippen molar-refractivity contribution in [2.75, 3.05) is 0 Å². The number of aromatic carboxylic acids is 1. The summed E-state index contributed by atoms with van der Waals surface area (Å²) in [6.45, 7) is 6.23. The van der Waals surface area contributed by atoms with Crippen LogP contribution in [-0.4, -0.2) is 15.6 Å². The minimum absolute atomic E-state index is 0.334. The van der Waals surface area contributed by atoms with E-state index in [1.54, 1.807) is 6.07 Å². The highest BCUT2D eigenvalue weighted by atomic mass is 16.4. The van der Waals surface area contributed by atoms with Crippen LogP contribution in [0.25, 0.3) is 10.9 Å². The van der Waals surface area contributed by atoms with Gasteiger partial charge in [0.2, 0.25) is 0 Å². The maximum absolute atomic E-state index is 11.3. The summed E-state index contributed by atoms with van der Waals surface area (Å²) in [6, 6.07) is 6.08. The van der Waals surface area contributed by atoms with Crippen LogP contribution in [0.1, 0.15) is 42.7 Å². The predicted octanol–water partition coefficient (Wildman–Crippen LogP) is 3.48. The fraction of sp³-hybridized carbons (Fsp3) is 0.357. The Morgan fingerprint density at radius 3 is 2.65 bits per heavy atom. The summed E-state index contributed by atoms with van der Waals surface area (Å²) < 4.78 is 2.11. The lowest BCUT2D eigenvalue weighted by Gasteiger charge is -2.11. The number of fused-ring (bicyclic) bond motifs is 1. The molecule has 0 spiro atoms. The van der Waals surface area contributed by atoms with Crippen molar-refractivity contribution in [3.8, 4) is 0 Å². The van der Waals surface area contributed by atoms with E-state index in [2.05, 4.69) is 24.5 Å². The first kappa shape index (κ1) is 11.7. The summed E-state index contributed by atoms with van der Waals surface area (Å²) in [5.74, 6) is -0.855. The predicted molar refractivity (Wildman–Crippen MR) is 68.7 cm³/mol. The lowest BCUT2D eigenvalue weighted by atomic mass is 10.0. The van der Waals surface area contributed by atoms with Gasteiger partial charge in [-0.05, 0) is 44.0 Å². The number of nitrogens with zero attached hydrogens (tertiary/aromatic N) is 1. The van der Waals surface area contributed by atoms with Gasteiger partial charge in [0.25, 0.3) is 0 Å². The van der Waals surface area contributed by atoms with E-state index in [0.29, 0.717) is 11.6 Å². The molecule has 0 aliphatic carbocycles. The number of carboxylic acids is 1. The lowest BCUT2D eigenvalue weighted by Crippen LogP contribution is -2.02. The second kappa shape index (κ2) is 4.24. The van der Waals surface area contributed by atoms with Gasteiger partial charge < -0.3 is 9.67 Å². The SMILES string of the molecule is CCc1cc(C(=O)O)c2ccn(C(C)C)c2c1. The number of carboxylic acid groups (broad SMARTS) is 1. The highest BCUT2D eigenvalue weighted by Gasteiger charge is 2.13. The number of aryl methyl sites for hydroxylation is 1. The Hall–Kier alpha value is -1.77. The fourth-order valence-electron chi connectivity index (χ4n) is 2.15. The minimum Gasteiger partial charge on any atom is -0.478 e. The van der Waals surface area contributed by atoms with Crippen LogP contribution in [0.4, 0.5) is 0 Å². The van der Waals surface area contributed by atoms with E-state index in [9.17, 15) is 9.90 Å². The van der Waals surface area contributed by atoms with Gasteiger partial charge in [-0.2, -0.15) is 0 Å². The number of carbonyl (C=O) groups is 1. The Labute approximate surface area is 101 Å². The molecule has 0 atom stereocenters. The molecule has 1 aromatic heterocycles. The highest BCUT2D eigenvalue weighted by Crippen LogP contribution is 2.25. The Bertz CT molecular complexity index is 567. The van der Waals surface area contributed by atoms with E-state index < -0.39 is 5.97 Å². The summed E-state index contributed by atoms with van der Waals surface area (Å²) in [5, 5.41) is 10.1. The van der Waals surface area contributed by atoms with Gasteiger partial charge in [-0.15, -0.1) is 0 Å². The van der Waals surface area contributed by atoms with Crippen LogP contribution >= 0.6 is 0 Å². The molecule has 1 aromatic carbocycles. The van der Waals surface area contributed by atoms with E-state index in [0.717, 1.165) is 22.9 Å². The minimum atomic E-state index is -0.855. The van der Waals surface area contributed by atoms with Crippen molar-refractivity contribution in [3.05, 3.63) is 35.5 Å². The van der Waals surface area contributed by atoms with Gasteiger partial charge in [0.15, 0.2) is 0 Å². The van der Waals surface area contributed by atoms with Crippen LogP contribution < -0.4 is 0 Å². The molecule has 0 fully saturated rings. The highest BCUT2D eigenvalue weighted by molar-refractivity contribution is 6.03. The molecule has 0 unspecified atom stereocenters. The van der Waals surface area contributed by atoms with E-state index >= 15 is 0 Å². The number of aromatic nitrogens is 1.